The SMILES string of the molecule is CCS(=O)(=O)Oc1cc(CN(C(=O)c2cccs2)C2CC2)ccc1OC. The largest absolute Gasteiger partial charge is 0.493 e. The van der Waals surface area contributed by atoms with E-state index in [0.717, 1.165) is 18.4 Å². The lowest BCUT2D eigenvalue weighted by Crippen LogP contribution is -2.32. The van der Waals surface area contributed by atoms with Crippen molar-refractivity contribution >= 4 is 27.4 Å². The molecule has 0 aliphatic heterocycles. The fourth-order valence-electron chi connectivity index (χ4n) is 2.57. The molecule has 3 rings (SSSR count). The Bertz CT molecular complexity index is 873. The molecule has 0 atom stereocenters. The van der Waals surface area contributed by atoms with Gasteiger partial charge in [0.05, 0.1) is 17.7 Å². The normalized spacial score (nSPS) is 14.1. The topological polar surface area (TPSA) is 72.9 Å². The number of methoxy groups -OCH3 is 1. The Balaban J connectivity index is 1.85. The minimum absolute atomic E-state index is 0.00182. The zero-order chi connectivity index (χ0) is 18.7. The molecule has 0 bridgehead atoms. The van der Waals surface area contributed by atoms with Crippen molar-refractivity contribution in [3.8, 4) is 11.5 Å². The van der Waals surface area contributed by atoms with Crippen molar-refractivity contribution in [2.45, 2.75) is 32.4 Å². The second kappa shape index (κ2) is 7.67. The summed E-state index contributed by atoms with van der Waals surface area (Å²) in [4.78, 5) is 15.3. The summed E-state index contributed by atoms with van der Waals surface area (Å²) in [7, 11) is -2.21. The van der Waals surface area contributed by atoms with E-state index < -0.39 is 10.1 Å². The van der Waals surface area contributed by atoms with Crippen molar-refractivity contribution in [1.82, 2.24) is 4.90 Å². The van der Waals surface area contributed by atoms with Gasteiger partial charge in [0.15, 0.2) is 11.5 Å². The van der Waals surface area contributed by atoms with Crippen LogP contribution in [-0.4, -0.2) is 38.1 Å². The Labute approximate surface area is 157 Å². The van der Waals surface area contributed by atoms with E-state index in [-0.39, 0.29) is 23.5 Å². The van der Waals surface area contributed by atoms with E-state index in [1.165, 1.54) is 25.4 Å². The molecule has 8 heteroatoms. The third-order valence-electron chi connectivity index (χ3n) is 4.13. The molecule has 0 unspecified atom stereocenters. The molecule has 26 heavy (non-hydrogen) atoms. The summed E-state index contributed by atoms with van der Waals surface area (Å²) in [6.07, 6.45) is 1.97. The summed E-state index contributed by atoms with van der Waals surface area (Å²) in [5, 5.41) is 1.88. The fourth-order valence-corrected chi connectivity index (χ4v) is 3.77. The van der Waals surface area contributed by atoms with Crippen molar-refractivity contribution in [3.63, 3.8) is 0 Å². The van der Waals surface area contributed by atoms with Crippen molar-refractivity contribution in [3.05, 3.63) is 46.2 Å². The van der Waals surface area contributed by atoms with Gasteiger partial charge in [-0.25, -0.2) is 0 Å². The number of amides is 1. The van der Waals surface area contributed by atoms with Crippen LogP contribution in [0.1, 0.15) is 35.0 Å². The maximum atomic E-state index is 12.8. The van der Waals surface area contributed by atoms with E-state index in [1.54, 1.807) is 12.1 Å². The number of carbonyl (C=O) groups excluding carboxylic acids is 1. The van der Waals surface area contributed by atoms with Crippen LogP contribution in [-0.2, 0) is 16.7 Å². The second-order valence-corrected chi connectivity index (χ2v) is 8.86. The third kappa shape index (κ3) is 4.37. The molecule has 1 saturated carbocycles. The summed E-state index contributed by atoms with van der Waals surface area (Å²) >= 11 is 1.42. The number of benzene rings is 1. The molecule has 1 aromatic carbocycles. The Morgan fingerprint density at radius 3 is 2.62 bits per heavy atom. The molecule has 1 aliphatic rings. The number of hydrogen-bond acceptors (Lipinski definition) is 6. The summed E-state index contributed by atoms with van der Waals surface area (Å²) in [6, 6.07) is 9.02. The molecule has 140 valence electrons. The lowest BCUT2D eigenvalue weighted by molar-refractivity contribution is 0.0734. The first-order valence-electron chi connectivity index (χ1n) is 8.37. The maximum Gasteiger partial charge on any atom is 0.309 e. The van der Waals surface area contributed by atoms with Crippen LogP contribution in [0.5, 0.6) is 11.5 Å². The van der Waals surface area contributed by atoms with Gasteiger partial charge in [-0.1, -0.05) is 12.1 Å². The number of hydrogen-bond donors (Lipinski definition) is 0. The van der Waals surface area contributed by atoms with E-state index in [4.69, 9.17) is 8.92 Å². The van der Waals surface area contributed by atoms with E-state index >= 15 is 0 Å². The third-order valence-corrected chi connectivity index (χ3v) is 6.13. The van der Waals surface area contributed by atoms with Crippen LogP contribution in [0.15, 0.2) is 35.7 Å². The molecule has 6 nitrogen and oxygen atoms in total. The van der Waals surface area contributed by atoms with Crippen LogP contribution in [0.4, 0.5) is 0 Å². The molecular formula is C18H21NO5S2. The molecule has 2 aromatic rings. The summed E-state index contributed by atoms with van der Waals surface area (Å²) < 4.78 is 34.0. The van der Waals surface area contributed by atoms with Gasteiger partial charge < -0.3 is 13.8 Å². The van der Waals surface area contributed by atoms with E-state index in [2.05, 4.69) is 0 Å². The lowest BCUT2D eigenvalue weighted by atomic mass is 10.2. The highest BCUT2D eigenvalue weighted by Crippen LogP contribution is 2.33. The Kier molecular flexibility index (Phi) is 5.52. The van der Waals surface area contributed by atoms with Gasteiger partial charge in [-0.3, -0.25) is 4.79 Å². The van der Waals surface area contributed by atoms with Gasteiger partial charge in [0.1, 0.15) is 0 Å². The van der Waals surface area contributed by atoms with Crippen LogP contribution in [0.2, 0.25) is 0 Å². The first-order valence-corrected chi connectivity index (χ1v) is 10.8. The molecule has 0 radical (unpaired) electrons. The number of carbonyl (C=O) groups is 1. The Hall–Kier alpha value is -2.06. The first kappa shape index (κ1) is 18.7. The first-order chi connectivity index (χ1) is 12.4. The van der Waals surface area contributed by atoms with E-state index in [9.17, 15) is 13.2 Å². The monoisotopic (exact) mass is 395 g/mol. The van der Waals surface area contributed by atoms with E-state index in [0.29, 0.717) is 17.2 Å². The zero-order valence-corrected chi connectivity index (χ0v) is 16.3. The van der Waals surface area contributed by atoms with Crippen LogP contribution in [0.3, 0.4) is 0 Å². The molecular weight excluding hydrogens is 374 g/mol. The Morgan fingerprint density at radius 1 is 1.27 bits per heavy atom. The lowest BCUT2D eigenvalue weighted by Gasteiger charge is -2.22. The minimum Gasteiger partial charge on any atom is -0.493 e. The fraction of sp³-hybridized carbons (Fsp3) is 0.389. The molecule has 1 fully saturated rings. The molecule has 0 saturated heterocycles. The summed E-state index contributed by atoms with van der Waals surface area (Å²) in [5.41, 5.74) is 0.795. The second-order valence-electron chi connectivity index (χ2n) is 6.06. The number of rotatable bonds is 8. The smallest absolute Gasteiger partial charge is 0.309 e. The maximum absolute atomic E-state index is 12.8. The minimum atomic E-state index is -3.67. The molecule has 1 aromatic heterocycles. The van der Waals surface area contributed by atoms with Gasteiger partial charge >= 0.3 is 10.1 Å². The molecule has 0 spiro atoms. The highest BCUT2D eigenvalue weighted by molar-refractivity contribution is 7.87. The average Bonchev–Trinajstić information content (AvgIpc) is 3.32. The predicted molar refractivity (Wildman–Crippen MR) is 100 cm³/mol. The van der Waals surface area contributed by atoms with Crippen LogP contribution in [0, 0.1) is 0 Å². The molecule has 1 aliphatic carbocycles. The molecule has 1 heterocycles. The predicted octanol–water partition coefficient (Wildman–Crippen LogP) is 3.29. The van der Waals surface area contributed by atoms with Crippen LogP contribution in [0.25, 0.3) is 0 Å². The average molecular weight is 396 g/mol. The summed E-state index contributed by atoms with van der Waals surface area (Å²) in [6.45, 7) is 1.91. The van der Waals surface area contributed by atoms with Gasteiger partial charge in [0.2, 0.25) is 0 Å². The van der Waals surface area contributed by atoms with Crippen molar-refractivity contribution < 1.29 is 22.1 Å². The van der Waals surface area contributed by atoms with Crippen molar-refractivity contribution in [1.29, 1.82) is 0 Å². The van der Waals surface area contributed by atoms with Crippen LogP contribution >= 0.6 is 11.3 Å². The van der Waals surface area contributed by atoms with Crippen molar-refractivity contribution in [2.24, 2.45) is 0 Å². The number of ether oxygens (including phenoxy) is 1. The molecule has 1 amide bonds. The Morgan fingerprint density at radius 2 is 2.04 bits per heavy atom. The number of nitrogens with zero attached hydrogens (tertiary/aromatic N) is 1. The van der Waals surface area contributed by atoms with Gasteiger partial charge in [-0.05, 0) is 48.9 Å². The van der Waals surface area contributed by atoms with Gasteiger partial charge in [0.25, 0.3) is 5.91 Å². The van der Waals surface area contributed by atoms with Crippen LogP contribution < -0.4 is 8.92 Å². The zero-order valence-electron chi connectivity index (χ0n) is 14.7. The van der Waals surface area contributed by atoms with Gasteiger partial charge in [-0.15, -0.1) is 11.3 Å². The van der Waals surface area contributed by atoms with Gasteiger partial charge in [0, 0.05) is 12.6 Å². The number of thiophene rings is 1. The van der Waals surface area contributed by atoms with E-state index in [1.807, 2.05) is 28.5 Å². The summed E-state index contributed by atoms with van der Waals surface area (Å²) in [5.74, 6) is 0.354. The highest BCUT2D eigenvalue weighted by Gasteiger charge is 2.33. The van der Waals surface area contributed by atoms with Gasteiger partial charge in [-0.2, -0.15) is 8.42 Å². The quantitative estimate of drug-likeness (QED) is 0.641. The van der Waals surface area contributed by atoms with Crippen molar-refractivity contribution in [2.75, 3.05) is 12.9 Å². The standard InChI is InChI=1S/C18H21NO5S2/c1-3-26(21,22)24-16-11-13(6-9-15(16)23-2)12-19(14-7-8-14)18(20)17-5-4-10-25-17/h4-6,9-11,14H,3,7-8,12H2,1-2H3. The molecule has 0 N–H and O–H groups in total. The highest BCUT2D eigenvalue weighted by atomic mass is 32.2.